The van der Waals surface area contributed by atoms with Gasteiger partial charge < -0.3 is 0 Å². The number of hydrogen-bond donors (Lipinski definition) is 0. The molecule has 0 aliphatic heterocycles. The van der Waals surface area contributed by atoms with Gasteiger partial charge in [0.1, 0.15) is 5.82 Å². The van der Waals surface area contributed by atoms with Crippen LogP contribution in [-0.2, 0) is 6.42 Å². The summed E-state index contributed by atoms with van der Waals surface area (Å²) in [5, 5.41) is 0.857. The molecule has 1 aromatic heterocycles. The molecule has 1 heterocycles. The minimum atomic E-state index is 0.565. The fourth-order valence-electron chi connectivity index (χ4n) is 0.560. The molecule has 0 aliphatic rings. The molecule has 3 nitrogen and oxygen atoms in total. The molecule has 0 saturated heterocycles. The van der Waals surface area contributed by atoms with Gasteiger partial charge in [0.05, 0.1) is 0 Å². The quantitative estimate of drug-likeness (QED) is 0.772. The maximum absolute atomic E-state index is 4.06. The fourth-order valence-corrected chi connectivity index (χ4v) is 1.90. The first-order chi connectivity index (χ1) is 5.22. The molecule has 0 amide bonds. The van der Waals surface area contributed by atoms with Gasteiger partial charge in [-0.15, -0.1) is 0 Å². The first-order valence-electron chi connectivity index (χ1n) is 2.84. The van der Waals surface area contributed by atoms with Gasteiger partial charge in [-0.25, -0.2) is 9.97 Å². The van der Waals surface area contributed by atoms with Gasteiger partial charge in [0.15, 0.2) is 0 Å². The lowest BCUT2D eigenvalue weighted by atomic mass is 10.5. The predicted molar refractivity (Wildman–Crippen MR) is 52.7 cm³/mol. The molecular formula is C5H4Br3N3. The van der Waals surface area contributed by atoms with Crippen molar-refractivity contribution >= 4 is 47.8 Å². The Morgan fingerprint density at radius 3 is 2.00 bits per heavy atom. The first kappa shape index (κ1) is 9.54. The summed E-state index contributed by atoms with van der Waals surface area (Å²) in [5.74, 6) is 0.774. The van der Waals surface area contributed by atoms with Crippen molar-refractivity contribution in [2.75, 3.05) is 5.33 Å². The molecule has 6 heteroatoms. The maximum atomic E-state index is 4.06. The van der Waals surface area contributed by atoms with Crippen molar-refractivity contribution in [3.63, 3.8) is 0 Å². The third-order valence-electron chi connectivity index (χ3n) is 0.945. The molecule has 0 aliphatic carbocycles. The molecule has 0 bridgehead atoms. The lowest BCUT2D eigenvalue weighted by molar-refractivity contribution is 0.864. The van der Waals surface area contributed by atoms with Gasteiger partial charge in [0.25, 0.3) is 0 Å². The van der Waals surface area contributed by atoms with Gasteiger partial charge in [0.2, 0.25) is 9.47 Å². The molecule has 11 heavy (non-hydrogen) atoms. The maximum Gasteiger partial charge on any atom is 0.200 e. The van der Waals surface area contributed by atoms with Gasteiger partial charge in [-0.1, -0.05) is 15.9 Å². The van der Waals surface area contributed by atoms with Crippen molar-refractivity contribution in [1.82, 2.24) is 15.0 Å². The zero-order valence-corrected chi connectivity index (χ0v) is 10.1. The Balaban J connectivity index is 2.89. The lowest BCUT2D eigenvalue weighted by Crippen LogP contribution is -1.99. The number of rotatable bonds is 2. The van der Waals surface area contributed by atoms with Gasteiger partial charge in [-0.05, 0) is 31.9 Å². The topological polar surface area (TPSA) is 38.7 Å². The number of aromatic nitrogens is 3. The summed E-state index contributed by atoms with van der Waals surface area (Å²) >= 11 is 9.66. The molecule has 0 spiro atoms. The molecule has 0 aromatic carbocycles. The van der Waals surface area contributed by atoms with E-state index >= 15 is 0 Å². The van der Waals surface area contributed by atoms with Gasteiger partial charge in [-0.2, -0.15) is 4.98 Å². The molecule has 0 fully saturated rings. The van der Waals surface area contributed by atoms with Crippen molar-refractivity contribution in [3.05, 3.63) is 15.3 Å². The van der Waals surface area contributed by atoms with E-state index in [0.717, 1.165) is 17.6 Å². The minimum absolute atomic E-state index is 0.565. The Hall–Kier alpha value is 0.450. The summed E-state index contributed by atoms with van der Waals surface area (Å²) in [6.45, 7) is 0. The molecule has 0 saturated carbocycles. The smallest absolute Gasteiger partial charge is 0.200 e. The van der Waals surface area contributed by atoms with Crippen LogP contribution in [0.2, 0.25) is 0 Å². The van der Waals surface area contributed by atoms with Crippen molar-refractivity contribution in [2.24, 2.45) is 0 Å². The Labute approximate surface area is 89.4 Å². The van der Waals surface area contributed by atoms with Crippen molar-refractivity contribution in [1.29, 1.82) is 0 Å². The van der Waals surface area contributed by atoms with Crippen LogP contribution in [0.25, 0.3) is 0 Å². The second-order valence-corrected chi connectivity index (χ2v) is 3.94. The van der Waals surface area contributed by atoms with Crippen LogP contribution >= 0.6 is 47.8 Å². The lowest BCUT2D eigenvalue weighted by Gasteiger charge is -1.96. The van der Waals surface area contributed by atoms with Gasteiger partial charge in [0, 0.05) is 11.8 Å². The van der Waals surface area contributed by atoms with E-state index in [1.165, 1.54) is 0 Å². The third kappa shape index (κ3) is 3.13. The first-order valence-corrected chi connectivity index (χ1v) is 5.55. The Bertz CT molecular complexity index is 232. The van der Waals surface area contributed by atoms with E-state index in [0.29, 0.717) is 9.47 Å². The summed E-state index contributed by atoms with van der Waals surface area (Å²) in [7, 11) is 0. The predicted octanol–water partition coefficient (Wildman–Crippen LogP) is 2.33. The molecule has 0 unspecified atom stereocenters. The summed E-state index contributed by atoms with van der Waals surface area (Å²) in [4.78, 5) is 12.0. The van der Waals surface area contributed by atoms with Gasteiger partial charge >= 0.3 is 0 Å². The van der Waals surface area contributed by atoms with E-state index < -0.39 is 0 Å². The molecule has 0 atom stereocenters. The highest BCUT2D eigenvalue weighted by atomic mass is 79.9. The normalized spacial score (nSPS) is 10.1. The van der Waals surface area contributed by atoms with E-state index in [2.05, 4.69) is 62.7 Å². The Kier molecular flexibility index (Phi) is 3.88. The zero-order chi connectivity index (χ0) is 8.27. The van der Waals surface area contributed by atoms with Crippen LogP contribution < -0.4 is 0 Å². The largest absolute Gasteiger partial charge is 0.207 e. The molecule has 0 N–H and O–H groups in total. The third-order valence-corrected chi connectivity index (χ3v) is 2.05. The van der Waals surface area contributed by atoms with Crippen molar-refractivity contribution < 1.29 is 0 Å². The number of hydrogen-bond acceptors (Lipinski definition) is 3. The summed E-state index contributed by atoms with van der Waals surface area (Å²) in [5.41, 5.74) is 0. The highest BCUT2D eigenvalue weighted by Crippen LogP contribution is 2.08. The molecule has 60 valence electrons. The van der Waals surface area contributed by atoms with E-state index in [1.54, 1.807) is 0 Å². The number of nitrogens with zero attached hydrogens (tertiary/aromatic N) is 3. The van der Waals surface area contributed by atoms with E-state index in [9.17, 15) is 0 Å². The monoisotopic (exact) mass is 343 g/mol. The molecule has 0 radical (unpaired) electrons. The second-order valence-electron chi connectivity index (χ2n) is 1.73. The van der Waals surface area contributed by atoms with E-state index in [-0.39, 0.29) is 0 Å². The fraction of sp³-hybridized carbons (Fsp3) is 0.400. The van der Waals surface area contributed by atoms with E-state index in [1.807, 2.05) is 0 Å². The highest BCUT2D eigenvalue weighted by Gasteiger charge is 2.00. The van der Waals surface area contributed by atoms with Crippen LogP contribution in [0.5, 0.6) is 0 Å². The standard InChI is InChI=1S/C5H4Br3N3/c6-2-1-3-9-4(7)11-5(8)10-3/h1-2H2. The van der Waals surface area contributed by atoms with Crippen LogP contribution in [0.1, 0.15) is 5.82 Å². The Morgan fingerprint density at radius 2 is 1.55 bits per heavy atom. The van der Waals surface area contributed by atoms with Crippen LogP contribution in [-0.4, -0.2) is 20.3 Å². The number of halogens is 3. The highest BCUT2D eigenvalue weighted by molar-refractivity contribution is 9.11. The number of alkyl halides is 1. The summed E-state index contributed by atoms with van der Waals surface area (Å²) in [6, 6.07) is 0. The summed E-state index contributed by atoms with van der Waals surface area (Å²) < 4.78 is 1.13. The van der Waals surface area contributed by atoms with Crippen LogP contribution in [0.4, 0.5) is 0 Å². The van der Waals surface area contributed by atoms with E-state index in [4.69, 9.17) is 0 Å². The molecule has 1 rings (SSSR count). The van der Waals surface area contributed by atoms with Crippen LogP contribution in [0.15, 0.2) is 9.47 Å². The second kappa shape index (κ2) is 4.47. The minimum Gasteiger partial charge on any atom is -0.207 e. The summed E-state index contributed by atoms with van der Waals surface area (Å²) in [6.07, 6.45) is 0.805. The molecule has 1 aromatic rings. The van der Waals surface area contributed by atoms with Gasteiger partial charge in [-0.3, -0.25) is 0 Å². The van der Waals surface area contributed by atoms with Crippen LogP contribution in [0.3, 0.4) is 0 Å². The van der Waals surface area contributed by atoms with Crippen molar-refractivity contribution in [3.8, 4) is 0 Å². The van der Waals surface area contributed by atoms with Crippen LogP contribution in [0, 0.1) is 0 Å². The SMILES string of the molecule is BrCCc1nc(Br)nc(Br)n1. The Morgan fingerprint density at radius 1 is 1.00 bits per heavy atom. The number of aryl methyl sites for hydroxylation is 1. The average molecular weight is 346 g/mol. The average Bonchev–Trinajstić information content (AvgIpc) is 1.85. The molecular weight excluding hydrogens is 342 g/mol. The van der Waals surface area contributed by atoms with Crippen molar-refractivity contribution in [2.45, 2.75) is 6.42 Å². The zero-order valence-electron chi connectivity index (χ0n) is 5.39.